The van der Waals surface area contributed by atoms with E-state index in [0.717, 1.165) is 25.2 Å². The van der Waals surface area contributed by atoms with Gasteiger partial charge in [-0.2, -0.15) is 0 Å². The second-order valence-corrected chi connectivity index (χ2v) is 4.78. The maximum absolute atomic E-state index is 5.76. The highest BCUT2D eigenvalue weighted by Crippen LogP contribution is 2.25. The molecule has 0 spiro atoms. The van der Waals surface area contributed by atoms with Crippen LogP contribution in [0.15, 0.2) is 36.4 Å². The maximum Gasteiger partial charge on any atom is 0.183 e. The molecule has 1 aromatic rings. The molecule has 1 aliphatic heterocycles. The van der Waals surface area contributed by atoms with Crippen LogP contribution in [0.25, 0.3) is 0 Å². The van der Waals surface area contributed by atoms with Crippen molar-refractivity contribution in [2.45, 2.75) is 33.0 Å². The van der Waals surface area contributed by atoms with Gasteiger partial charge in [0, 0.05) is 11.5 Å². The van der Waals surface area contributed by atoms with Crippen molar-refractivity contribution in [3.8, 4) is 0 Å². The Kier molecular flexibility index (Phi) is 4.97. The van der Waals surface area contributed by atoms with Crippen LogP contribution in [0.5, 0.6) is 0 Å². The monoisotopic (exact) mass is 246 g/mol. The largest absolute Gasteiger partial charge is 0.348 e. The Balaban J connectivity index is 1.92. The summed E-state index contributed by atoms with van der Waals surface area (Å²) in [4.78, 5) is 0. The molecule has 98 valence electrons. The van der Waals surface area contributed by atoms with Gasteiger partial charge in [-0.3, -0.25) is 0 Å². The van der Waals surface area contributed by atoms with Gasteiger partial charge in [0.15, 0.2) is 6.29 Å². The van der Waals surface area contributed by atoms with Crippen molar-refractivity contribution in [1.82, 2.24) is 0 Å². The van der Waals surface area contributed by atoms with Gasteiger partial charge >= 0.3 is 0 Å². The van der Waals surface area contributed by atoms with Crippen molar-refractivity contribution < 1.29 is 9.47 Å². The molecule has 2 rings (SSSR count). The molecular formula is C16H22O2. The van der Waals surface area contributed by atoms with E-state index in [2.05, 4.69) is 43.3 Å². The third-order valence-corrected chi connectivity index (χ3v) is 3.18. The van der Waals surface area contributed by atoms with Crippen molar-refractivity contribution in [2.75, 3.05) is 13.2 Å². The molecule has 2 heteroatoms. The van der Waals surface area contributed by atoms with E-state index < -0.39 is 0 Å². The second-order valence-electron chi connectivity index (χ2n) is 4.78. The molecule has 18 heavy (non-hydrogen) atoms. The molecule has 1 heterocycles. The fourth-order valence-corrected chi connectivity index (χ4v) is 2.22. The molecule has 0 N–H and O–H groups in total. The van der Waals surface area contributed by atoms with E-state index in [4.69, 9.17) is 9.47 Å². The average Bonchev–Trinajstić information content (AvgIpc) is 2.41. The summed E-state index contributed by atoms with van der Waals surface area (Å²) >= 11 is 0. The summed E-state index contributed by atoms with van der Waals surface area (Å²) < 4.78 is 11.5. The summed E-state index contributed by atoms with van der Waals surface area (Å²) in [5.74, 6) is 0.394. The highest BCUT2D eigenvalue weighted by atomic mass is 16.7. The van der Waals surface area contributed by atoms with Crippen LogP contribution in [0.4, 0.5) is 0 Å². The fraction of sp³-hybridized carbons (Fsp3) is 0.500. The first-order valence-corrected chi connectivity index (χ1v) is 6.78. The Morgan fingerprint density at radius 1 is 1.17 bits per heavy atom. The first-order chi connectivity index (χ1) is 8.83. The Morgan fingerprint density at radius 2 is 1.83 bits per heavy atom. The Hall–Kier alpha value is -1.12. The average molecular weight is 246 g/mol. The Bertz CT molecular complexity index is 373. The first-order valence-electron chi connectivity index (χ1n) is 6.78. The Morgan fingerprint density at radius 3 is 2.39 bits per heavy atom. The molecule has 0 amide bonds. The summed E-state index contributed by atoms with van der Waals surface area (Å²) in [6, 6.07) is 8.57. The molecule has 0 unspecified atom stereocenters. The normalized spacial score (nSPS) is 24.6. The fourth-order valence-electron chi connectivity index (χ4n) is 2.22. The van der Waals surface area contributed by atoms with Gasteiger partial charge in [-0.25, -0.2) is 0 Å². The van der Waals surface area contributed by atoms with Crippen LogP contribution in [-0.4, -0.2) is 13.2 Å². The zero-order chi connectivity index (χ0) is 12.8. The number of ether oxygens (including phenoxy) is 2. The van der Waals surface area contributed by atoms with Crippen LogP contribution >= 0.6 is 0 Å². The summed E-state index contributed by atoms with van der Waals surface area (Å²) in [7, 11) is 0. The van der Waals surface area contributed by atoms with Crippen LogP contribution in [0, 0.1) is 5.92 Å². The summed E-state index contributed by atoms with van der Waals surface area (Å²) in [5, 5.41) is 0. The van der Waals surface area contributed by atoms with Gasteiger partial charge in [0.1, 0.15) is 0 Å². The topological polar surface area (TPSA) is 18.5 Å². The molecule has 0 atom stereocenters. The molecule has 1 aromatic carbocycles. The predicted octanol–water partition coefficient (Wildman–Crippen LogP) is 3.88. The predicted molar refractivity (Wildman–Crippen MR) is 73.4 cm³/mol. The third-order valence-electron chi connectivity index (χ3n) is 3.18. The zero-order valence-electron chi connectivity index (χ0n) is 11.3. The van der Waals surface area contributed by atoms with Crippen molar-refractivity contribution in [2.24, 2.45) is 5.92 Å². The van der Waals surface area contributed by atoms with E-state index in [1.165, 1.54) is 12.0 Å². The van der Waals surface area contributed by atoms with Crippen molar-refractivity contribution >= 4 is 0 Å². The molecule has 1 aliphatic rings. The minimum atomic E-state index is -0.192. The number of benzene rings is 1. The number of hydrogen-bond donors (Lipinski definition) is 0. The van der Waals surface area contributed by atoms with Crippen molar-refractivity contribution in [1.29, 1.82) is 0 Å². The summed E-state index contributed by atoms with van der Waals surface area (Å²) in [5.41, 5.74) is 2.50. The smallest absolute Gasteiger partial charge is 0.183 e. The third kappa shape index (κ3) is 3.44. The zero-order valence-corrected chi connectivity index (χ0v) is 11.3. The molecule has 0 aliphatic carbocycles. The molecule has 0 aromatic heterocycles. The van der Waals surface area contributed by atoms with E-state index in [1.54, 1.807) is 0 Å². The quantitative estimate of drug-likeness (QED) is 0.751. The molecule has 0 bridgehead atoms. The van der Waals surface area contributed by atoms with Gasteiger partial charge in [0.05, 0.1) is 13.2 Å². The Labute approximate surface area is 110 Å². The number of rotatable bonds is 4. The molecule has 0 radical (unpaired) electrons. The van der Waals surface area contributed by atoms with Crippen molar-refractivity contribution in [3.63, 3.8) is 0 Å². The van der Waals surface area contributed by atoms with E-state index >= 15 is 0 Å². The lowest BCUT2D eigenvalue weighted by molar-refractivity contribution is -0.197. The van der Waals surface area contributed by atoms with Crippen molar-refractivity contribution in [3.05, 3.63) is 47.5 Å². The van der Waals surface area contributed by atoms with E-state index in [0.29, 0.717) is 5.92 Å². The summed E-state index contributed by atoms with van der Waals surface area (Å²) in [6.07, 6.45) is 6.32. The van der Waals surface area contributed by atoms with Gasteiger partial charge in [0.25, 0.3) is 0 Å². The van der Waals surface area contributed by atoms with E-state index in [9.17, 15) is 0 Å². The maximum atomic E-state index is 5.76. The molecule has 1 fully saturated rings. The van der Waals surface area contributed by atoms with E-state index in [1.807, 2.05) is 6.92 Å². The second kappa shape index (κ2) is 6.72. The van der Waals surface area contributed by atoms with E-state index in [-0.39, 0.29) is 6.29 Å². The number of allylic oxidation sites excluding steroid dienone is 1. The molecule has 2 nitrogen and oxygen atoms in total. The van der Waals surface area contributed by atoms with Gasteiger partial charge in [0.2, 0.25) is 0 Å². The van der Waals surface area contributed by atoms with Gasteiger partial charge < -0.3 is 9.47 Å². The van der Waals surface area contributed by atoms with Crippen LogP contribution in [-0.2, 0) is 15.9 Å². The van der Waals surface area contributed by atoms with Crippen LogP contribution < -0.4 is 0 Å². The lowest BCUT2D eigenvalue weighted by Crippen LogP contribution is -2.25. The van der Waals surface area contributed by atoms with Crippen LogP contribution in [0.1, 0.15) is 37.7 Å². The SMILES string of the molecule is C/C=C/C1COC(c2ccc(CCC)cc2)OC1. The van der Waals surface area contributed by atoms with Gasteiger partial charge in [-0.05, 0) is 18.9 Å². The van der Waals surface area contributed by atoms with Crippen LogP contribution in [0.2, 0.25) is 0 Å². The van der Waals surface area contributed by atoms with Gasteiger partial charge in [-0.1, -0.05) is 49.8 Å². The minimum absolute atomic E-state index is 0.192. The highest BCUT2D eigenvalue weighted by Gasteiger charge is 2.21. The lowest BCUT2D eigenvalue weighted by Gasteiger charge is -2.28. The number of aryl methyl sites for hydroxylation is 1. The minimum Gasteiger partial charge on any atom is -0.348 e. The number of hydrogen-bond acceptors (Lipinski definition) is 2. The molecular weight excluding hydrogens is 224 g/mol. The van der Waals surface area contributed by atoms with Gasteiger partial charge in [-0.15, -0.1) is 0 Å². The molecule has 1 saturated heterocycles. The summed E-state index contributed by atoms with van der Waals surface area (Å²) in [6.45, 7) is 5.71. The molecule has 0 saturated carbocycles. The standard InChI is InChI=1S/C16H22O2/c1-3-5-13-7-9-15(10-8-13)16-17-11-14(6-4-2)12-18-16/h4,6-10,14,16H,3,5,11-12H2,1-2H3/b6-4+. The highest BCUT2D eigenvalue weighted by molar-refractivity contribution is 5.23. The van der Waals surface area contributed by atoms with Crippen LogP contribution in [0.3, 0.4) is 0 Å². The first kappa shape index (κ1) is 13.3. The lowest BCUT2D eigenvalue weighted by atomic mass is 10.1.